The Kier molecular flexibility index (Phi) is 3.66. The van der Waals surface area contributed by atoms with Gasteiger partial charge >= 0.3 is 5.69 Å². The minimum absolute atomic E-state index is 0.0105. The maximum atomic E-state index is 10.8. The quantitative estimate of drug-likeness (QED) is 0.444. The molecule has 0 aliphatic heterocycles. The number of nitro benzene ring substituents is 1. The van der Waals surface area contributed by atoms with Gasteiger partial charge in [-0.25, -0.2) is 4.63 Å². The van der Waals surface area contributed by atoms with E-state index in [1.54, 1.807) is 0 Å². The minimum atomic E-state index is -0.591. The number of carbonyl (C=O) groups is 1. The van der Waals surface area contributed by atoms with E-state index in [4.69, 9.17) is 5.11 Å². The summed E-state index contributed by atoms with van der Waals surface area (Å²) in [5, 5.41) is 26.9. The fraction of sp³-hybridized carbons (Fsp3) is 0.300. The molecule has 0 amide bonds. The van der Waals surface area contributed by atoms with Gasteiger partial charge in [-0.05, 0) is 16.4 Å². The molecule has 0 unspecified atom stereocenters. The van der Waals surface area contributed by atoms with Crippen molar-refractivity contribution in [2.24, 2.45) is 0 Å². The molecule has 0 fully saturated rings. The van der Waals surface area contributed by atoms with Crippen LogP contribution < -0.4 is 4.90 Å². The smallest absolute Gasteiger partial charge is 0.300 e. The number of aliphatic hydroxyl groups excluding tert-OH is 1. The van der Waals surface area contributed by atoms with Crippen molar-refractivity contribution in [2.75, 3.05) is 24.6 Å². The normalized spacial score (nSPS) is 10.6. The maximum absolute atomic E-state index is 10.8. The second-order valence-electron chi connectivity index (χ2n) is 3.66. The number of aromatic nitrogens is 2. The summed E-state index contributed by atoms with van der Waals surface area (Å²) < 4.78 is 4.52. The summed E-state index contributed by atoms with van der Waals surface area (Å²) in [5.41, 5.74) is 0.416. The van der Waals surface area contributed by atoms with Gasteiger partial charge in [0.25, 0.3) is 0 Å². The first-order valence-corrected chi connectivity index (χ1v) is 5.38. The fourth-order valence-corrected chi connectivity index (χ4v) is 1.76. The lowest BCUT2D eigenvalue weighted by molar-refractivity contribution is -0.383. The van der Waals surface area contributed by atoms with Crippen molar-refractivity contribution in [2.45, 2.75) is 0 Å². The molecule has 0 saturated heterocycles. The lowest BCUT2D eigenvalue weighted by Crippen LogP contribution is -2.28. The Balaban J connectivity index is 2.55. The molecule has 1 aromatic heterocycles. The number of aliphatic hydroxyl groups is 1. The number of carbonyl (C=O) groups excluding carboxylic acids is 1. The standard InChI is InChI=1S/C10H10N4O5/c15-5-3-13(4-6-16)7-1-2-8(14(17)18)10-9(7)11-19-12-10/h1-2,5,16H,3-4,6H2. The Morgan fingerprint density at radius 3 is 2.79 bits per heavy atom. The molecule has 0 radical (unpaired) electrons. The molecule has 2 rings (SSSR count). The van der Waals surface area contributed by atoms with Crippen molar-refractivity contribution < 1.29 is 19.5 Å². The van der Waals surface area contributed by atoms with E-state index in [0.717, 1.165) is 0 Å². The molecule has 19 heavy (non-hydrogen) atoms. The number of hydrogen-bond donors (Lipinski definition) is 1. The van der Waals surface area contributed by atoms with Gasteiger partial charge in [-0.2, -0.15) is 0 Å². The van der Waals surface area contributed by atoms with Crippen LogP contribution in [0.4, 0.5) is 11.4 Å². The van der Waals surface area contributed by atoms with Gasteiger partial charge < -0.3 is 14.8 Å². The molecule has 0 atom stereocenters. The summed E-state index contributed by atoms with van der Waals surface area (Å²) in [6.07, 6.45) is 0.663. The van der Waals surface area contributed by atoms with Crippen LogP contribution in [-0.4, -0.2) is 46.3 Å². The number of non-ortho nitro benzene ring substituents is 1. The molecule has 1 aromatic carbocycles. The van der Waals surface area contributed by atoms with Gasteiger partial charge in [-0.3, -0.25) is 10.1 Å². The Morgan fingerprint density at radius 2 is 2.16 bits per heavy atom. The summed E-state index contributed by atoms with van der Waals surface area (Å²) in [6.45, 7) is 0.0520. The number of fused-ring (bicyclic) bond motifs is 1. The Labute approximate surface area is 106 Å². The molecule has 1 heterocycles. The molecule has 2 aromatic rings. The molecule has 0 aliphatic carbocycles. The van der Waals surface area contributed by atoms with Crippen LogP contribution in [0.5, 0.6) is 0 Å². The minimum Gasteiger partial charge on any atom is -0.395 e. The number of nitrogens with zero attached hydrogens (tertiary/aromatic N) is 4. The second kappa shape index (κ2) is 5.40. The predicted molar refractivity (Wildman–Crippen MR) is 63.8 cm³/mol. The third-order valence-corrected chi connectivity index (χ3v) is 2.58. The first-order chi connectivity index (χ1) is 9.19. The van der Waals surface area contributed by atoms with Crippen LogP contribution in [0, 0.1) is 10.1 Å². The average Bonchev–Trinajstić information content (AvgIpc) is 2.86. The molecule has 100 valence electrons. The van der Waals surface area contributed by atoms with Crippen molar-refractivity contribution in [3.63, 3.8) is 0 Å². The van der Waals surface area contributed by atoms with Crippen molar-refractivity contribution in [1.29, 1.82) is 0 Å². The lowest BCUT2D eigenvalue weighted by atomic mass is 10.2. The van der Waals surface area contributed by atoms with Crippen LogP contribution in [0.2, 0.25) is 0 Å². The number of benzene rings is 1. The van der Waals surface area contributed by atoms with Gasteiger partial charge in [0.05, 0.1) is 23.8 Å². The van der Waals surface area contributed by atoms with E-state index in [0.29, 0.717) is 12.0 Å². The van der Waals surface area contributed by atoms with Crippen LogP contribution in [0.3, 0.4) is 0 Å². The van der Waals surface area contributed by atoms with Gasteiger partial charge in [-0.15, -0.1) is 0 Å². The molecule has 0 aliphatic rings. The van der Waals surface area contributed by atoms with Gasteiger partial charge in [0.1, 0.15) is 6.29 Å². The summed E-state index contributed by atoms with van der Waals surface area (Å²) in [7, 11) is 0. The summed E-state index contributed by atoms with van der Waals surface area (Å²) in [6, 6.07) is 2.71. The van der Waals surface area contributed by atoms with Crippen LogP contribution in [0.15, 0.2) is 16.8 Å². The van der Waals surface area contributed by atoms with Crippen LogP contribution in [-0.2, 0) is 4.79 Å². The zero-order chi connectivity index (χ0) is 13.8. The van der Waals surface area contributed by atoms with E-state index in [1.165, 1.54) is 17.0 Å². The van der Waals surface area contributed by atoms with E-state index in [2.05, 4.69) is 14.9 Å². The number of hydrogen-bond acceptors (Lipinski definition) is 8. The van der Waals surface area contributed by atoms with Gasteiger partial charge in [-0.1, -0.05) is 0 Å². The second-order valence-corrected chi connectivity index (χ2v) is 3.66. The molecular formula is C10H10N4O5. The van der Waals surface area contributed by atoms with Crippen molar-refractivity contribution in [3.05, 3.63) is 22.2 Å². The van der Waals surface area contributed by atoms with Crippen molar-refractivity contribution in [3.8, 4) is 0 Å². The topological polar surface area (TPSA) is 123 Å². The average molecular weight is 266 g/mol. The molecule has 0 saturated carbocycles. The number of aldehydes is 1. The van der Waals surface area contributed by atoms with E-state index in [1.807, 2.05) is 0 Å². The highest BCUT2D eigenvalue weighted by Crippen LogP contribution is 2.30. The van der Waals surface area contributed by atoms with Gasteiger partial charge in [0.15, 0.2) is 5.52 Å². The fourth-order valence-electron chi connectivity index (χ4n) is 1.76. The summed E-state index contributed by atoms with van der Waals surface area (Å²) in [4.78, 5) is 22.4. The van der Waals surface area contributed by atoms with E-state index < -0.39 is 4.92 Å². The van der Waals surface area contributed by atoms with Crippen LogP contribution in [0.1, 0.15) is 0 Å². The first-order valence-electron chi connectivity index (χ1n) is 5.38. The highest BCUT2D eigenvalue weighted by Gasteiger charge is 2.22. The number of rotatable bonds is 6. The van der Waals surface area contributed by atoms with E-state index in [-0.39, 0.29) is 36.4 Å². The highest BCUT2D eigenvalue weighted by atomic mass is 16.6. The van der Waals surface area contributed by atoms with Gasteiger partial charge in [0, 0.05) is 12.6 Å². The zero-order valence-electron chi connectivity index (χ0n) is 9.72. The molecule has 1 N–H and O–H groups in total. The third kappa shape index (κ3) is 2.36. The molecule has 0 bridgehead atoms. The van der Waals surface area contributed by atoms with Crippen molar-refractivity contribution >= 4 is 28.7 Å². The summed E-state index contributed by atoms with van der Waals surface area (Å²) >= 11 is 0. The monoisotopic (exact) mass is 266 g/mol. The van der Waals surface area contributed by atoms with Gasteiger partial charge in [0.2, 0.25) is 5.52 Å². The molecule has 9 heteroatoms. The van der Waals surface area contributed by atoms with E-state index >= 15 is 0 Å². The first kappa shape index (κ1) is 12.9. The zero-order valence-corrected chi connectivity index (χ0v) is 9.72. The Morgan fingerprint density at radius 1 is 1.42 bits per heavy atom. The van der Waals surface area contributed by atoms with Crippen molar-refractivity contribution in [1.82, 2.24) is 10.3 Å². The summed E-state index contributed by atoms with van der Waals surface area (Å²) in [5.74, 6) is 0. The van der Waals surface area contributed by atoms with Crippen LogP contribution in [0.25, 0.3) is 11.0 Å². The SMILES string of the molecule is O=CCN(CCO)c1ccc([N+](=O)[O-])c2nonc12. The Hall–Kier alpha value is -2.55. The highest BCUT2D eigenvalue weighted by molar-refractivity contribution is 5.94. The number of nitro groups is 1. The lowest BCUT2D eigenvalue weighted by Gasteiger charge is -2.20. The predicted octanol–water partition coefficient (Wildman–Crippen LogP) is 0.129. The third-order valence-electron chi connectivity index (χ3n) is 2.58. The Bertz CT molecular complexity index is 611. The molecular weight excluding hydrogens is 256 g/mol. The largest absolute Gasteiger partial charge is 0.395 e. The van der Waals surface area contributed by atoms with E-state index in [9.17, 15) is 14.9 Å². The molecule has 9 nitrogen and oxygen atoms in total. The van der Waals surface area contributed by atoms with Crippen LogP contribution >= 0.6 is 0 Å². The number of anilines is 1. The maximum Gasteiger partial charge on any atom is 0.300 e. The molecule has 0 spiro atoms.